The Kier molecular flexibility index (Phi) is 2.94. The Balaban J connectivity index is 2.35. The summed E-state index contributed by atoms with van der Waals surface area (Å²) in [5, 5.41) is 9.51. The summed E-state index contributed by atoms with van der Waals surface area (Å²) in [4.78, 5) is 0. The molecular formula is C16H21O+. The van der Waals surface area contributed by atoms with E-state index < -0.39 is 0 Å². The molecule has 0 heterocycles. The second-order valence-corrected chi connectivity index (χ2v) is 6.01. The van der Waals surface area contributed by atoms with E-state index in [2.05, 4.69) is 45.9 Å². The van der Waals surface area contributed by atoms with Gasteiger partial charge >= 0.3 is 0 Å². The van der Waals surface area contributed by atoms with Gasteiger partial charge in [0, 0.05) is 11.8 Å². The molecule has 0 saturated heterocycles. The Morgan fingerprint density at radius 3 is 2.59 bits per heavy atom. The zero-order chi connectivity index (χ0) is 12.6. The first kappa shape index (κ1) is 12.1. The van der Waals surface area contributed by atoms with Gasteiger partial charge in [-0.2, -0.15) is 0 Å². The van der Waals surface area contributed by atoms with Gasteiger partial charge in [-0.3, -0.25) is 0 Å². The van der Waals surface area contributed by atoms with Crippen molar-refractivity contribution in [1.29, 1.82) is 0 Å². The first-order chi connectivity index (χ1) is 7.88. The van der Waals surface area contributed by atoms with Crippen LogP contribution in [0.1, 0.15) is 49.8 Å². The van der Waals surface area contributed by atoms with Crippen LogP contribution in [0.3, 0.4) is 0 Å². The lowest BCUT2D eigenvalue weighted by molar-refractivity contribution is 0.364. The normalized spacial score (nSPS) is 17.2. The lowest BCUT2D eigenvalue weighted by Crippen LogP contribution is -2.16. The van der Waals surface area contributed by atoms with Crippen LogP contribution in [-0.4, -0.2) is 5.11 Å². The molecule has 90 valence electrons. The molecule has 1 aliphatic carbocycles. The molecule has 0 fully saturated rings. The number of benzene rings is 1. The Bertz CT molecular complexity index is 449. The van der Waals surface area contributed by atoms with E-state index in [-0.39, 0.29) is 5.41 Å². The fourth-order valence-corrected chi connectivity index (χ4v) is 2.21. The lowest BCUT2D eigenvalue weighted by atomic mass is 9.77. The summed E-state index contributed by atoms with van der Waals surface area (Å²) in [5.74, 6) is 0.791. The first-order valence-electron chi connectivity index (χ1n) is 6.23. The molecule has 0 saturated carbocycles. The molecular weight excluding hydrogens is 208 g/mol. The van der Waals surface area contributed by atoms with Gasteiger partial charge in [-0.25, -0.2) is 0 Å². The van der Waals surface area contributed by atoms with E-state index in [9.17, 15) is 5.11 Å². The van der Waals surface area contributed by atoms with Crippen LogP contribution >= 0.6 is 0 Å². The quantitative estimate of drug-likeness (QED) is 0.703. The number of hydrogen-bond acceptors (Lipinski definition) is 1. The Morgan fingerprint density at radius 1 is 1.24 bits per heavy atom. The van der Waals surface area contributed by atoms with Crippen LogP contribution in [0, 0.1) is 12.3 Å². The van der Waals surface area contributed by atoms with Crippen molar-refractivity contribution in [3.05, 3.63) is 47.6 Å². The van der Waals surface area contributed by atoms with Crippen LogP contribution in [0.4, 0.5) is 0 Å². The SMILES string of the molecule is [CH2+]C(c1ccc2c(c1)CCC(O)=C2)C(C)(C)C. The number of allylic oxidation sites excluding steroid dienone is 1. The second kappa shape index (κ2) is 4.14. The Hall–Kier alpha value is -1.37. The van der Waals surface area contributed by atoms with Gasteiger partial charge in [-0.1, -0.05) is 39.0 Å². The number of aryl methyl sites for hydroxylation is 1. The average molecular weight is 229 g/mol. The van der Waals surface area contributed by atoms with Crippen molar-refractivity contribution in [3.8, 4) is 0 Å². The molecule has 1 heteroatoms. The molecule has 1 aliphatic rings. The van der Waals surface area contributed by atoms with E-state index in [0.29, 0.717) is 11.7 Å². The van der Waals surface area contributed by atoms with Gasteiger partial charge in [-0.05, 0) is 29.2 Å². The van der Waals surface area contributed by atoms with Crippen molar-refractivity contribution >= 4 is 6.08 Å². The fourth-order valence-electron chi connectivity index (χ4n) is 2.21. The smallest absolute Gasteiger partial charge is 0.125 e. The van der Waals surface area contributed by atoms with Crippen molar-refractivity contribution in [3.63, 3.8) is 0 Å². The largest absolute Gasteiger partial charge is 0.512 e. The Labute approximate surface area is 104 Å². The minimum Gasteiger partial charge on any atom is -0.512 e. The standard InChI is InChI=1S/C16H20O/c1-11(16(2,3)4)12-5-6-14-10-15(17)8-7-13(14)9-12/h5-6,9-11H,1,7-8H2,2-4H3/p+1. The Morgan fingerprint density at radius 2 is 1.94 bits per heavy atom. The van der Waals surface area contributed by atoms with E-state index >= 15 is 0 Å². The molecule has 0 bridgehead atoms. The predicted octanol–water partition coefficient (Wildman–Crippen LogP) is 4.50. The average Bonchev–Trinajstić information content (AvgIpc) is 2.26. The molecule has 1 nitrogen and oxygen atoms in total. The van der Waals surface area contributed by atoms with Gasteiger partial charge < -0.3 is 5.11 Å². The summed E-state index contributed by atoms with van der Waals surface area (Å²) in [6.07, 6.45) is 3.56. The fraction of sp³-hybridized carbons (Fsp3) is 0.438. The molecule has 17 heavy (non-hydrogen) atoms. The highest BCUT2D eigenvalue weighted by molar-refractivity contribution is 5.59. The third-order valence-corrected chi connectivity index (χ3v) is 3.59. The molecule has 1 unspecified atom stereocenters. The number of aliphatic hydroxyl groups is 1. The molecule has 0 aromatic heterocycles. The summed E-state index contributed by atoms with van der Waals surface area (Å²) in [7, 11) is 0. The molecule has 2 rings (SSSR count). The maximum atomic E-state index is 9.51. The van der Waals surface area contributed by atoms with Crippen molar-refractivity contribution in [2.24, 2.45) is 5.41 Å². The van der Waals surface area contributed by atoms with E-state index in [1.807, 2.05) is 6.08 Å². The topological polar surface area (TPSA) is 20.2 Å². The van der Waals surface area contributed by atoms with Crippen molar-refractivity contribution < 1.29 is 5.11 Å². The zero-order valence-electron chi connectivity index (χ0n) is 11.0. The number of aliphatic hydroxyl groups excluding tert-OH is 1. The van der Waals surface area contributed by atoms with Gasteiger partial charge in [0.15, 0.2) is 0 Å². The third-order valence-electron chi connectivity index (χ3n) is 3.59. The maximum Gasteiger partial charge on any atom is 0.125 e. The minimum atomic E-state index is 0.181. The zero-order valence-corrected chi connectivity index (χ0v) is 11.0. The van der Waals surface area contributed by atoms with Crippen molar-refractivity contribution in [2.75, 3.05) is 0 Å². The van der Waals surface area contributed by atoms with Gasteiger partial charge in [0.05, 0.1) is 12.7 Å². The van der Waals surface area contributed by atoms with Gasteiger partial charge in [0.2, 0.25) is 0 Å². The minimum absolute atomic E-state index is 0.181. The highest BCUT2D eigenvalue weighted by Gasteiger charge is 2.28. The molecule has 1 N–H and O–H groups in total. The highest BCUT2D eigenvalue weighted by Crippen LogP contribution is 2.35. The van der Waals surface area contributed by atoms with Crippen molar-refractivity contribution in [2.45, 2.75) is 39.5 Å². The highest BCUT2D eigenvalue weighted by atomic mass is 16.3. The van der Waals surface area contributed by atoms with E-state index in [4.69, 9.17) is 0 Å². The third kappa shape index (κ3) is 2.49. The molecule has 1 aromatic carbocycles. The first-order valence-corrected chi connectivity index (χ1v) is 6.23. The van der Waals surface area contributed by atoms with Gasteiger partial charge in [-0.15, -0.1) is 0 Å². The van der Waals surface area contributed by atoms with E-state index in [1.54, 1.807) is 0 Å². The van der Waals surface area contributed by atoms with E-state index in [0.717, 1.165) is 18.4 Å². The molecule has 0 amide bonds. The number of rotatable bonds is 1. The molecule has 1 aromatic rings. The van der Waals surface area contributed by atoms with Gasteiger partial charge in [0.1, 0.15) is 5.92 Å². The summed E-state index contributed by atoms with van der Waals surface area (Å²) >= 11 is 0. The van der Waals surface area contributed by atoms with Crippen molar-refractivity contribution in [1.82, 2.24) is 0 Å². The van der Waals surface area contributed by atoms with Crippen LogP contribution < -0.4 is 0 Å². The predicted molar refractivity (Wildman–Crippen MR) is 72.9 cm³/mol. The van der Waals surface area contributed by atoms with Gasteiger partial charge in [0.25, 0.3) is 0 Å². The second-order valence-electron chi connectivity index (χ2n) is 6.01. The van der Waals surface area contributed by atoms with Crippen LogP contribution in [0.15, 0.2) is 24.0 Å². The molecule has 0 spiro atoms. The molecule has 1 atom stereocenters. The number of hydrogen-bond donors (Lipinski definition) is 1. The summed E-state index contributed by atoms with van der Waals surface area (Å²) < 4.78 is 0. The maximum absolute atomic E-state index is 9.51. The number of fused-ring (bicyclic) bond motifs is 1. The monoisotopic (exact) mass is 229 g/mol. The molecule has 0 radical (unpaired) electrons. The van der Waals surface area contributed by atoms with Crippen LogP contribution in [0.25, 0.3) is 6.08 Å². The van der Waals surface area contributed by atoms with Crippen LogP contribution in [-0.2, 0) is 6.42 Å². The summed E-state index contributed by atoms with van der Waals surface area (Å²) in [6.45, 7) is 10.9. The lowest BCUT2D eigenvalue weighted by Gasteiger charge is -2.23. The van der Waals surface area contributed by atoms with E-state index in [1.165, 1.54) is 11.1 Å². The van der Waals surface area contributed by atoms with Crippen LogP contribution in [0.2, 0.25) is 0 Å². The van der Waals surface area contributed by atoms with Crippen LogP contribution in [0.5, 0.6) is 0 Å². The summed E-state index contributed by atoms with van der Waals surface area (Å²) in [6, 6.07) is 6.49. The molecule has 0 aliphatic heterocycles. The summed E-state index contributed by atoms with van der Waals surface area (Å²) in [5.41, 5.74) is 3.96.